The van der Waals surface area contributed by atoms with Crippen molar-refractivity contribution >= 4 is 40.8 Å². The molecule has 0 saturated carbocycles. The van der Waals surface area contributed by atoms with Crippen LogP contribution in [0.15, 0.2) is 36.4 Å². The lowest BCUT2D eigenvalue weighted by Gasteiger charge is -2.16. The standard InChI is InChI=1S/C19H16Cl2N2O3/c1-3-26-19(25)18(24)23-17-9-16(21)14(8-11(17)2)15(10-22)12-4-6-13(20)7-5-12/h4-9,15H,3H2,1-2H3,(H,23,24)/t15-/m1/s1. The Bertz CT molecular complexity index is 874. The average Bonchev–Trinajstić information content (AvgIpc) is 2.61. The Morgan fingerprint density at radius 1 is 1.23 bits per heavy atom. The number of aryl methyl sites for hydroxylation is 1. The van der Waals surface area contributed by atoms with Gasteiger partial charge in [-0.25, -0.2) is 4.79 Å². The van der Waals surface area contributed by atoms with Crippen LogP contribution in [0.5, 0.6) is 0 Å². The molecule has 0 aliphatic rings. The predicted molar refractivity (Wildman–Crippen MR) is 100 cm³/mol. The van der Waals surface area contributed by atoms with Gasteiger partial charge in [0.2, 0.25) is 0 Å². The van der Waals surface area contributed by atoms with Gasteiger partial charge in [-0.15, -0.1) is 0 Å². The summed E-state index contributed by atoms with van der Waals surface area (Å²) in [5, 5.41) is 12.9. The number of amides is 1. The van der Waals surface area contributed by atoms with Crippen LogP contribution in [0.1, 0.15) is 29.5 Å². The fraction of sp³-hybridized carbons (Fsp3) is 0.211. The third kappa shape index (κ3) is 4.54. The molecule has 1 amide bonds. The fourth-order valence-corrected chi connectivity index (χ4v) is 2.81. The summed E-state index contributed by atoms with van der Waals surface area (Å²) in [5.74, 6) is -2.44. The average molecular weight is 391 g/mol. The number of halogens is 2. The van der Waals surface area contributed by atoms with Crippen LogP contribution in [-0.2, 0) is 14.3 Å². The van der Waals surface area contributed by atoms with Crippen LogP contribution in [0.4, 0.5) is 5.69 Å². The van der Waals surface area contributed by atoms with Crippen molar-refractivity contribution in [2.75, 3.05) is 11.9 Å². The van der Waals surface area contributed by atoms with Crippen LogP contribution in [0.25, 0.3) is 0 Å². The van der Waals surface area contributed by atoms with E-state index in [9.17, 15) is 14.9 Å². The Labute approximate surface area is 161 Å². The normalized spacial score (nSPS) is 11.3. The van der Waals surface area contributed by atoms with Crippen molar-refractivity contribution in [2.24, 2.45) is 0 Å². The molecule has 2 aromatic carbocycles. The predicted octanol–water partition coefficient (Wildman–Crippen LogP) is 4.46. The molecule has 7 heteroatoms. The molecule has 0 aromatic heterocycles. The monoisotopic (exact) mass is 390 g/mol. The van der Waals surface area contributed by atoms with Gasteiger partial charge < -0.3 is 10.1 Å². The van der Waals surface area contributed by atoms with Gasteiger partial charge in [0.15, 0.2) is 0 Å². The fourth-order valence-electron chi connectivity index (χ4n) is 2.41. The summed E-state index contributed by atoms with van der Waals surface area (Å²) in [6.07, 6.45) is 0. The number of esters is 1. The molecule has 0 aliphatic carbocycles. The third-order valence-corrected chi connectivity index (χ3v) is 4.28. The molecule has 5 nitrogen and oxygen atoms in total. The highest BCUT2D eigenvalue weighted by Crippen LogP contribution is 2.34. The number of nitrogens with zero attached hydrogens (tertiary/aromatic N) is 1. The molecule has 26 heavy (non-hydrogen) atoms. The summed E-state index contributed by atoms with van der Waals surface area (Å²) >= 11 is 12.2. The van der Waals surface area contributed by atoms with E-state index in [4.69, 9.17) is 23.2 Å². The topological polar surface area (TPSA) is 79.2 Å². The quantitative estimate of drug-likeness (QED) is 0.617. The van der Waals surface area contributed by atoms with Crippen molar-refractivity contribution in [3.8, 4) is 6.07 Å². The molecule has 0 unspecified atom stereocenters. The number of nitriles is 1. The van der Waals surface area contributed by atoms with E-state index >= 15 is 0 Å². The zero-order chi connectivity index (χ0) is 19.3. The summed E-state index contributed by atoms with van der Waals surface area (Å²) < 4.78 is 4.66. The molecule has 0 spiro atoms. The minimum atomic E-state index is -0.969. The minimum absolute atomic E-state index is 0.107. The zero-order valence-electron chi connectivity index (χ0n) is 14.2. The van der Waals surface area contributed by atoms with Crippen LogP contribution in [0, 0.1) is 18.3 Å². The number of carbonyl (C=O) groups excluding carboxylic acids is 2. The number of ether oxygens (including phenoxy) is 1. The Morgan fingerprint density at radius 2 is 1.88 bits per heavy atom. The van der Waals surface area contributed by atoms with E-state index in [0.29, 0.717) is 26.9 Å². The van der Waals surface area contributed by atoms with E-state index in [-0.39, 0.29) is 6.61 Å². The maximum absolute atomic E-state index is 11.8. The highest BCUT2D eigenvalue weighted by molar-refractivity contribution is 6.37. The molecule has 134 valence electrons. The van der Waals surface area contributed by atoms with Crippen molar-refractivity contribution in [1.29, 1.82) is 5.26 Å². The SMILES string of the molecule is CCOC(=O)C(=O)Nc1cc(Cl)c([C@H](C#N)c2ccc(Cl)cc2)cc1C. The first-order valence-corrected chi connectivity index (χ1v) is 8.56. The first kappa shape index (κ1) is 19.8. The third-order valence-electron chi connectivity index (χ3n) is 3.70. The highest BCUT2D eigenvalue weighted by atomic mass is 35.5. The summed E-state index contributed by atoms with van der Waals surface area (Å²) in [6, 6.07) is 12.4. The summed E-state index contributed by atoms with van der Waals surface area (Å²) in [4.78, 5) is 23.3. The number of carbonyl (C=O) groups is 2. The smallest absolute Gasteiger partial charge is 0.397 e. The van der Waals surface area contributed by atoms with Crippen LogP contribution in [0.2, 0.25) is 10.0 Å². The lowest BCUT2D eigenvalue weighted by Crippen LogP contribution is -2.25. The summed E-state index contributed by atoms with van der Waals surface area (Å²) in [5.41, 5.74) is 2.39. The maximum atomic E-state index is 11.8. The van der Waals surface area contributed by atoms with Crippen molar-refractivity contribution in [3.05, 3.63) is 63.1 Å². The Morgan fingerprint density at radius 3 is 2.46 bits per heavy atom. The molecule has 0 radical (unpaired) electrons. The summed E-state index contributed by atoms with van der Waals surface area (Å²) in [7, 11) is 0. The van der Waals surface area contributed by atoms with Gasteiger partial charge in [0, 0.05) is 15.7 Å². The first-order chi connectivity index (χ1) is 12.4. The zero-order valence-corrected chi connectivity index (χ0v) is 15.7. The molecule has 0 saturated heterocycles. The van der Waals surface area contributed by atoms with Gasteiger partial charge in [0.05, 0.1) is 18.6 Å². The van der Waals surface area contributed by atoms with E-state index in [1.54, 1.807) is 44.2 Å². The second kappa shape index (κ2) is 8.70. The molecule has 2 aromatic rings. The molecule has 0 bridgehead atoms. The Hall–Kier alpha value is -2.55. The molecule has 0 fully saturated rings. The highest BCUT2D eigenvalue weighted by Gasteiger charge is 2.20. The van der Waals surface area contributed by atoms with E-state index in [1.165, 1.54) is 6.07 Å². The van der Waals surface area contributed by atoms with Gasteiger partial charge in [0.1, 0.15) is 0 Å². The Kier molecular flexibility index (Phi) is 6.62. The number of hydrogen-bond acceptors (Lipinski definition) is 4. The molecule has 1 N–H and O–H groups in total. The lowest BCUT2D eigenvalue weighted by molar-refractivity contribution is -0.152. The Balaban J connectivity index is 2.33. The number of rotatable bonds is 4. The van der Waals surface area contributed by atoms with Crippen molar-refractivity contribution < 1.29 is 14.3 Å². The number of anilines is 1. The molecule has 2 rings (SSSR count). The van der Waals surface area contributed by atoms with Gasteiger partial charge in [0.25, 0.3) is 0 Å². The summed E-state index contributed by atoms with van der Waals surface area (Å²) in [6.45, 7) is 3.47. The van der Waals surface area contributed by atoms with Crippen LogP contribution in [0.3, 0.4) is 0 Å². The van der Waals surface area contributed by atoms with E-state index in [1.807, 2.05) is 0 Å². The molecular formula is C19H16Cl2N2O3. The van der Waals surface area contributed by atoms with Crippen molar-refractivity contribution in [3.63, 3.8) is 0 Å². The molecule has 0 aliphatic heterocycles. The van der Waals surface area contributed by atoms with Gasteiger partial charge >= 0.3 is 11.9 Å². The van der Waals surface area contributed by atoms with E-state index < -0.39 is 17.8 Å². The van der Waals surface area contributed by atoms with Crippen LogP contribution < -0.4 is 5.32 Å². The number of hydrogen-bond donors (Lipinski definition) is 1. The molecular weight excluding hydrogens is 375 g/mol. The lowest BCUT2D eigenvalue weighted by atomic mass is 9.91. The van der Waals surface area contributed by atoms with E-state index in [2.05, 4.69) is 16.1 Å². The molecule has 1 atom stereocenters. The van der Waals surface area contributed by atoms with Crippen molar-refractivity contribution in [2.45, 2.75) is 19.8 Å². The largest absolute Gasteiger partial charge is 0.459 e. The van der Waals surface area contributed by atoms with Gasteiger partial charge in [-0.1, -0.05) is 41.4 Å². The first-order valence-electron chi connectivity index (χ1n) is 7.80. The second-order valence-electron chi connectivity index (χ2n) is 5.48. The number of nitrogens with one attached hydrogen (secondary N) is 1. The number of benzene rings is 2. The van der Waals surface area contributed by atoms with Gasteiger partial charge in [-0.05, 0) is 48.7 Å². The van der Waals surface area contributed by atoms with Gasteiger partial charge in [-0.3, -0.25) is 4.79 Å². The minimum Gasteiger partial charge on any atom is -0.459 e. The van der Waals surface area contributed by atoms with Crippen LogP contribution >= 0.6 is 23.2 Å². The van der Waals surface area contributed by atoms with Crippen LogP contribution in [-0.4, -0.2) is 18.5 Å². The van der Waals surface area contributed by atoms with E-state index in [0.717, 1.165) is 5.56 Å². The van der Waals surface area contributed by atoms with Gasteiger partial charge in [-0.2, -0.15) is 5.26 Å². The molecule has 0 heterocycles. The maximum Gasteiger partial charge on any atom is 0.397 e. The second-order valence-corrected chi connectivity index (χ2v) is 6.32. The van der Waals surface area contributed by atoms with Crippen molar-refractivity contribution in [1.82, 2.24) is 0 Å².